The Labute approximate surface area is 75.1 Å². The van der Waals surface area contributed by atoms with Gasteiger partial charge in [-0.25, -0.2) is 0 Å². The number of thioether (sulfide) groups is 1. The smallest absolute Gasteiger partial charge is 0.305 e. The molecule has 0 spiro atoms. The lowest BCUT2D eigenvalue weighted by atomic mass is 10.4. The molecule has 0 aromatic heterocycles. The number of alkyl halides is 3. The minimum absolute atomic E-state index is 0.0726. The van der Waals surface area contributed by atoms with Gasteiger partial charge in [-0.1, -0.05) is 6.92 Å². The maximum Gasteiger partial charge on any atom is 0.401 e. The minimum atomic E-state index is -4.09. The third kappa shape index (κ3) is 8.20. The molecule has 12 heavy (non-hydrogen) atoms. The van der Waals surface area contributed by atoms with E-state index in [1.165, 1.54) is 0 Å². The van der Waals surface area contributed by atoms with Gasteiger partial charge in [-0.15, -0.1) is 0 Å². The van der Waals surface area contributed by atoms with Crippen molar-refractivity contribution in [2.45, 2.75) is 26.1 Å². The summed E-state index contributed by atoms with van der Waals surface area (Å²) in [5, 5.41) is 2.41. The molecular formula is C7H14F3NS. The second kappa shape index (κ2) is 5.70. The van der Waals surface area contributed by atoms with Crippen LogP contribution in [0.15, 0.2) is 0 Å². The highest BCUT2D eigenvalue weighted by Crippen LogP contribution is 2.13. The maximum atomic E-state index is 11.7. The lowest BCUT2D eigenvalue weighted by Crippen LogP contribution is -2.36. The first-order valence-corrected chi connectivity index (χ1v) is 4.99. The molecule has 0 rings (SSSR count). The van der Waals surface area contributed by atoms with Crippen molar-refractivity contribution in [3.63, 3.8) is 0 Å². The van der Waals surface area contributed by atoms with Crippen molar-refractivity contribution in [3.8, 4) is 0 Å². The summed E-state index contributed by atoms with van der Waals surface area (Å²) in [4.78, 5) is 0. The fourth-order valence-corrected chi connectivity index (χ4v) is 1.35. The summed E-state index contributed by atoms with van der Waals surface area (Å²) in [5.41, 5.74) is 0. The van der Waals surface area contributed by atoms with E-state index in [9.17, 15) is 13.2 Å². The summed E-state index contributed by atoms with van der Waals surface area (Å²) in [6.45, 7) is 2.86. The highest BCUT2D eigenvalue weighted by Gasteiger charge is 2.26. The van der Waals surface area contributed by atoms with Gasteiger partial charge in [0.15, 0.2) is 0 Å². The molecule has 0 amide bonds. The van der Waals surface area contributed by atoms with E-state index in [-0.39, 0.29) is 6.04 Å². The molecule has 0 heterocycles. The number of hydrogen-bond acceptors (Lipinski definition) is 2. The van der Waals surface area contributed by atoms with Crippen molar-refractivity contribution >= 4 is 11.8 Å². The zero-order valence-corrected chi connectivity index (χ0v) is 8.06. The number of halogens is 3. The van der Waals surface area contributed by atoms with Gasteiger partial charge in [0.25, 0.3) is 0 Å². The van der Waals surface area contributed by atoms with Crippen LogP contribution in [0.25, 0.3) is 0 Å². The molecule has 1 nitrogen and oxygen atoms in total. The van der Waals surface area contributed by atoms with Gasteiger partial charge in [0.1, 0.15) is 0 Å². The van der Waals surface area contributed by atoms with E-state index in [1.807, 2.05) is 6.92 Å². The molecule has 0 aliphatic carbocycles. The molecule has 5 heteroatoms. The second-order valence-corrected chi connectivity index (χ2v) is 3.88. The lowest BCUT2D eigenvalue weighted by molar-refractivity contribution is -0.125. The number of nitrogens with one attached hydrogen (secondary N) is 1. The quantitative estimate of drug-likeness (QED) is 0.732. The molecule has 0 aromatic rings. The predicted octanol–water partition coefficient (Wildman–Crippen LogP) is 2.28. The summed E-state index contributed by atoms with van der Waals surface area (Å²) >= 11 is 1.64. The van der Waals surface area contributed by atoms with Crippen LogP contribution in [0.4, 0.5) is 13.2 Å². The first-order valence-electron chi connectivity index (χ1n) is 3.83. The predicted molar refractivity (Wildman–Crippen MR) is 46.5 cm³/mol. The normalized spacial score (nSPS) is 14.8. The zero-order chi connectivity index (χ0) is 9.61. The summed E-state index contributed by atoms with van der Waals surface area (Å²) in [5.74, 6) is 1.67. The largest absolute Gasteiger partial charge is 0.401 e. The van der Waals surface area contributed by atoms with Crippen LogP contribution in [0.3, 0.4) is 0 Å². The first kappa shape index (κ1) is 12.1. The molecule has 0 saturated heterocycles. The molecule has 0 aliphatic heterocycles. The van der Waals surface area contributed by atoms with E-state index >= 15 is 0 Å². The Morgan fingerprint density at radius 1 is 1.42 bits per heavy atom. The molecule has 1 N–H and O–H groups in total. The molecule has 0 bridgehead atoms. The van der Waals surface area contributed by atoms with Gasteiger partial charge in [-0.2, -0.15) is 24.9 Å². The fourth-order valence-electron chi connectivity index (χ4n) is 0.644. The zero-order valence-electron chi connectivity index (χ0n) is 7.24. The van der Waals surface area contributed by atoms with Gasteiger partial charge < -0.3 is 5.32 Å². The van der Waals surface area contributed by atoms with E-state index in [2.05, 4.69) is 5.32 Å². The van der Waals surface area contributed by atoms with Crippen LogP contribution >= 0.6 is 11.8 Å². The lowest BCUT2D eigenvalue weighted by Gasteiger charge is -2.14. The van der Waals surface area contributed by atoms with Crippen molar-refractivity contribution in [1.29, 1.82) is 0 Å². The average molecular weight is 201 g/mol. The number of hydrogen-bond donors (Lipinski definition) is 1. The Bertz CT molecular complexity index is 116. The Hall–Kier alpha value is 0.100. The Morgan fingerprint density at radius 2 is 2.00 bits per heavy atom. The molecule has 0 aliphatic rings. The third-order valence-electron chi connectivity index (χ3n) is 1.22. The Morgan fingerprint density at radius 3 is 2.42 bits per heavy atom. The Balaban J connectivity index is 3.37. The van der Waals surface area contributed by atoms with Crippen LogP contribution in [-0.2, 0) is 0 Å². The van der Waals surface area contributed by atoms with Crippen molar-refractivity contribution in [2.24, 2.45) is 0 Å². The van der Waals surface area contributed by atoms with Crippen LogP contribution in [0, 0.1) is 0 Å². The molecule has 1 atom stereocenters. The van der Waals surface area contributed by atoms with Crippen molar-refractivity contribution in [1.82, 2.24) is 5.32 Å². The SMILES string of the molecule is CCSCC(C)NCC(F)(F)F. The first-order chi connectivity index (χ1) is 5.45. The third-order valence-corrected chi connectivity index (χ3v) is 2.37. The van der Waals surface area contributed by atoms with Gasteiger partial charge in [0, 0.05) is 11.8 Å². The van der Waals surface area contributed by atoms with Gasteiger partial charge in [-0.3, -0.25) is 0 Å². The van der Waals surface area contributed by atoms with E-state index in [0.29, 0.717) is 0 Å². The highest BCUT2D eigenvalue weighted by atomic mass is 32.2. The number of rotatable bonds is 5. The minimum Gasteiger partial charge on any atom is -0.305 e. The van der Waals surface area contributed by atoms with Gasteiger partial charge in [-0.05, 0) is 12.7 Å². The van der Waals surface area contributed by atoms with Crippen LogP contribution in [0.5, 0.6) is 0 Å². The average Bonchev–Trinajstić information content (AvgIpc) is 1.95. The van der Waals surface area contributed by atoms with E-state index in [0.717, 1.165) is 11.5 Å². The molecule has 0 fully saturated rings. The van der Waals surface area contributed by atoms with Crippen molar-refractivity contribution in [3.05, 3.63) is 0 Å². The molecular weight excluding hydrogens is 187 g/mol. The molecule has 0 radical (unpaired) electrons. The highest BCUT2D eigenvalue weighted by molar-refractivity contribution is 7.99. The van der Waals surface area contributed by atoms with E-state index < -0.39 is 12.7 Å². The fraction of sp³-hybridized carbons (Fsp3) is 1.00. The van der Waals surface area contributed by atoms with E-state index in [1.54, 1.807) is 18.7 Å². The van der Waals surface area contributed by atoms with Crippen molar-refractivity contribution in [2.75, 3.05) is 18.1 Å². The van der Waals surface area contributed by atoms with Gasteiger partial charge in [0.05, 0.1) is 6.54 Å². The molecule has 0 aromatic carbocycles. The van der Waals surface area contributed by atoms with Crippen LogP contribution in [0.2, 0.25) is 0 Å². The monoisotopic (exact) mass is 201 g/mol. The summed E-state index contributed by atoms with van der Waals surface area (Å²) < 4.78 is 35.0. The van der Waals surface area contributed by atoms with Crippen molar-refractivity contribution < 1.29 is 13.2 Å². The molecule has 0 saturated carbocycles. The summed E-state index contributed by atoms with van der Waals surface area (Å²) in [7, 11) is 0. The summed E-state index contributed by atoms with van der Waals surface area (Å²) in [6, 6.07) is -0.0726. The van der Waals surface area contributed by atoms with E-state index in [4.69, 9.17) is 0 Å². The maximum absolute atomic E-state index is 11.7. The standard InChI is InChI=1S/C7H14F3NS/c1-3-12-4-6(2)11-5-7(8,9)10/h6,11H,3-5H2,1-2H3. The second-order valence-electron chi connectivity index (χ2n) is 2.56. The molecule has 74 valence electrons. The Kier molecular flexibility index (Phi) is 5.74. The van der Waals surface area contributed by atoms with Gasteiger partial charge >= 0.3 is 6.18 Å². The van der Waals surface area contributed by atoms with Crippen LogP contribution < -0.4 is 5.32 Å². The molecule has 1 unspecified atom stereocenters. The van der Waals surface area contributed by atoms with Gasteiger partial charge in [0.2, 0.25) is 0 Å². The summed E-state index contributed by atoms with van der Waals surface area (Å²) in [6.07, 6.45) is -4.09. The topological polar surface area (TPSA) is 12.0 Å². The van der Waals surface area contributed by atoms with Crippen LogP contribution in [0.1, 0.15) is 13.8 Å². The van der Waals surface area contributed by atoms with Crippen LogP contribution in [-0.4, -0.2) is 30.3 Å².